The molecule has 1 aliphatic rings. The minimum atomic E-state index is -4.48. The summed E-state index contributed by atoms with van der Waals surface area (Å²) in [4.78, 5) is 24.0. The van der Waals surface area contributed by atoms with E-state index in [0.29, 0.717) is 11.3 Å². The van der Waals surface area contributed by atoms with Crippen LogP contribution in [0.5, 0.6) is 5.75 Å². The molecule has 2 N–H and O–H groups in total. The zero-order valence-corrected chi connectivity index (χ0v) is 14.2. The van der Waals surface area contributed by atoms with Crippen LogP contribution in [0.1, 0.15) is 28.8 Å². The van der Waals surface area contributed by atoms with E-state index in [9.17, 15) is 22.8 Å². The smallest absolute Gasteiger partial charge is 0.416 e. The highest BCUT2D eigenvalue weighted by Crippen LogP contribution is 2.31. The van der Waals surface area contributed by atoms with Crippen LogP contribution in [0.25, 0.3) is 0 Å². The van der Waals surface area contributed by atoms with E-state index in [1.54, 1.807) is 18.2 Å². The molecule has 0 spiro atoms. The van der Waals surface area contributed by atoms with Gasteiger partial charge in [-0.05, 0) is 49.2 Å². The van der Waals surface area contributed by atoms with Crippen molar-refractivity contribution in [3.63, 3.8) is 0 Å². The number of halogens is 3. The van der Waals surface area contributed by atoms with Gasteiger partial charge in [-0.1, -0.05) is 12.1 Å². The molecule has 2 aromatic carbocycles. The monoisotopic (exact) mass is 378 g/mol. The Bertz CT molecular complexity index is 848. The van der Waals surface area contributed by atoms with Crippen LogP contribution in [0.3, 0.4) is 0 Å². The van der Waals surface area contributed by atoms with Crippen molar-refractivity contribution in [1.82, 2.24) is 5.32 Å². The van der Waals surface area contributed by atoms with Crippen LogP contribution >= 0.6 is 0 Å². The van der Waals surface area contributed by atoms with Gasteiger partial charge in [-0.3, -0.25) is 9.59 Å². The molecule has 1 saturated carbocycles. The summed E-state index contributed by atoms with van der Waals surface area (Å²) in [6, 6.07) is 10.9. The maximum absolute atomic E-state index is 12.7. The van der Waals surface area contributed by atoms with Gasteiger partial charge in [0, 0.05) is 17.3 Å². The van der Waals surface area contributed by atoms with Crippen LogP contribution in [0.4, 0.5) is 18.9 Å². The molecule has 2 amide bonds. The Morgan fingerprint density at radius 3 is 2.52 bits per heavy atom. The third-order valence-corrected chi connectivity index (χ3v) is 3.85. The van der Waals surface area contributed by atoms with Crippen LogP contribution < -0.4 is 15.4 Å². The molecule has 1 fully saturated rings. The van der Waals surface area contributed by atoms with Gasteiger partial charge in [0.1, 0.15) is 5.75 Å². The van der Waals surface area contributed by atoms with Gasteiger partial charge in [0.2, 0.25) is 0 Å². The first-order valence-corrected chi connectivity index (χ1v) is 8.32. The molecule has 0 radical (unpaired) electrons. The number of ether oxygens (including phenoxy) is 1. The van der Waals surface area contributed by atoms with Crippen molar-refractivity contribution in [3.05, 3.63) is 59.7 Å². The maximum Gasteiger partial charge on any atom is 0.416 e. The molecule has 5 nitrogen and oxygen atoms in total. The predicted octanol–water partition coefficient (Wildman–Crippen LogP) is 3.62. The summed E-state index contributed by atoms with van der Waals surface area (Å²) in [7, 11) is 0. The standard InChI is InChI=1S/C19H17F3N2O3/c20-19(21,22)13-4-2-6-16(10-13)27-11-17(25)23-15-5-1-3-12(9-15)18(26)24-14-7-8-14/h1-6,9-10,14H,7-8,11H2,(H,23,25)(H,24,26). The Kier molecular flexibility index (Phi) is 5.34. The molecule has 0 saturated heterocycles. The molecule has 0 atom stereocenters. The van der Waals surface area contributed by atoms with Crippen molar-refractivity contribution in [2.75, 3.05) is 11.9 Å². The molecule has 0 bridgehead atoms. The first-order chi connectivity index (χ1) is 12.8. The van der Waals surface area contributed by atoms with Gasteiger partial charge in [0.05, 0.1) is 5.56 Å². The summed E-state index contributed by atoms with van der Waals surface area (Å²) < 4.78 is 43.1. The number of anilines is 1. The third kappa shape index (κ3) is 5.47. The van der Waals surface area contributed by atoms with E-state index in [-0.39, 0.29) is 17.7 Å². The molecule has 0 aliphatic heterocycles. The molecule has 142 valence electrons. The van der Waals surface area contributed by atoms with E-state index >= 15 is 0 Å². The lowest BCUT2D eigenvalue weighted by molar-refractivity contribution is -0.137. The summed E-state index contributed by atoms with van der Waals surface area (Å²) in [6.07, 6.45) is -2.55. The highest BCUT2D eigenvalue weighted by atomic mass is 19.4. The van der Waals surface area contributed by atoms with E-state index in [2.05, 4.69) is 10.6 Å². The van der Waals surface area contributed by atoms with Crippen LogP contribution in [-0.2, 0) is 11.0 Å². The average Bonchev–Trinajstić information content (AvgIpc) is 3.44. The molecule has 1 aliphatic carbocycles. The van der Waals surface area contributed by atoms with E-state index in [0.717, 1.165) is 25.0 Å². The lowest BCUT2D eigenvalue weighted by Crippen LogP contribution is -2.25. The van der Waals surface area contributed by atoms with Gasteiger partial charge in [-0.2, -0.15) is 13.2 Å². The fourth-order valence-corrected chi connectivity index (χ4v) is 2.34. The quantitative estimate of drug-likeness (QED) is 0.807. The highest BCUT2D eigenvalue weighted by molar-refractivity contribution is 5.97. The van der Waals surface area contributed by atoms with Crippen molar-refractivity contribution >= 4 is 17.5 Å². The highest BCUT2D eigenvalue weighted by Gasteiger charge is 2.30. The second-order valence-corrected chi connectivity index (χ2v) is 6.19. The number of alkyl halides is 3. The Labute approximate surface area is 153 Å². The zero-order chi connectivity index (χ0) is 19.4. The summed E-state index contributed by atoms with van der Waals surface area (Å²) in [5.74, 6) is -0.821. The summed E-state index contributed by atoms with van der Waals surface area (Å²) in [5.41, 5.74) is -0.0376. The second-order valence-electron chi connectivity index (χ2n) is 6.19. The second kappa shape index (κ2) is 7.69. The normalized spacial score (nSPS) is 13.7. The zero-order valence-electron chi connectivity index (χ0n) is 14.2. The summed E-state index contributed by atoms with van der Waals surface area (Å²) in [5, 5.41) is 5.40. The van der Waals surface area contributed by atoms with Crippen LogP contribution in [0.2, 0.25) is 0 Å². The van der Waals surface area contributed by atoms with Gasteiger partial charge < -0.3 is 15.4 Å². The third-order valence-electron chi connectivity index (χ3n) is 3.85. The number of carbonyl (C=O) groups excluding carboxylic acids is 2. The summed E-state index contributed by atoms with van der Waals surface area (Å²) in [6.45, 7) is -0.459. The largest absolute Gasteiger partial charge is 0.484 e. The Morgan fingerprint density at radius 2 is 1.81 bits per heavy atom. The molecule has 2 aromatic rings. The number of hydrogen-bond acceptors (Lipinski definition) is 3. The SMILES string of the molecule is O=C(COc1cccc(C(F)(F)F)c1)Nc1cccc(C(=O)NC2CC2)c1. The molecular weight excluding hydrogens is 361 g/mol. The number of carbonyl (C=O) groups is 2. The minimum Gasteiger partial charge on any atom is -0.484 e. The van der Waals surface area contributed by atoms with Gasteiger partial charge in [0.15, 0.2) is 6.61 Å². The molecule has 0 unspecified atom stereocenters. The Morgan fingerprint density at radius 1 is 1.07 bits per heavy atom. The van der Waals surface area contributed by atoms with Crippen molar-refractivity contribution in [1.29, 1.82) is 0 Å². The number of amides is 2. The molecule has 8 heteroatoms. The minimum absolute atomic E-state index is 0.0578. The fraction of sp³-hybridized carbons (Fsp3) is 0.263. The van der Waals surface area contributed by atoms with E-state index in [4.69, 9.17) is 4.74 Å². The first-order valence-electron chi connectivity index (χ1n) is 8.32. The van der Waals surface area contributed by atoms with Crippen molar-refractivity contribution in [2.24, 2.45) is 0 Å². The van der Waals surface area contributed by atoms with Crippen LogP contribution in [-0.4, -0.2) is 24.5 Å². The van der Waals surface area contributed by atoms with Gasteiger partial charge in [-0.15, -0.1) is 0 Å². The Balaban J connectivity index is 1.56. The van der Waals surface area contributed by atoms with Crippen LogP contribution in [0.15, 0.2) is 48.5 Å². The van der Waals surface area contributed by atoms with Crippen molar-refractivity contribution in [2.45, 2.75) is 25.1 Å². The number of hydrogen-bond donors (Lipinski definition) is 2. The van der Waals surface area contributed by atoms with E-state index < -0.39 is 24.3 Å². The van der Waals surface area contributed by atoms with E-state index in [1.807, 2.05) is 0 Å². The lowest BCUT2D eigenvalue weighted by atomic mass is 10.2. The molecule has 27 heavy (non-hydrogen) atoms. The van der Waals surface area contributed by atoms with Gasteiger partial charge in [-0.25, -0.2) is 0 Å². The first kappa shape index (κ1) is 18.8. The summed E-state index contributed by atoms with van der Waals surface area (Å²) >= 11 is 0. The number of rotatable bonds is 6. The van der Waals surface area contributed by atoms with Gasteiger partial charge >= 0.3 is 6.18 Å². The molecule has 0 aromatic heterocycles. The molecular formula is C19H17F3N2O3. The molecule has 0 heterocycles. The van der Waals surface area contributed by atoms with Crippen molar-refractivity contribution in [3.8, 4) is 5.75 Å². The lowest BCUT2D eigenvalue weighted by Gasteiger charge is -2.11. The number of benzene rings is 2. The van der Waals surface area contributed by atoms with E-state index in [1.165, 1.54) is 18.2 Å². The van der Waals surface area contributed by atoms with Crippen molar-refractivity contribution < 1.29 is 27.5 Å². The fourth-order valence-electron chi connectivity index (χ4n) is 2.34. The van der Waals surface area contributed by atoms with Gasteiger partial charge in [0.25, 0.3) is 11.8 Å². The van der Waals surface area contributed by atoms with Crippen LogP contribution in [0, 0.1) is 0 Å². The topological polar surface area (TPSA) is 67.4 Å². The number of nitrogens with one attached hydrogen (secondary N) is 2. The molecule has 3 rings (SSSR count). The predicted molar refractivity (Wildman–Crippen MR) is 92.5 cm³/mol. The average molecular weight is 378 g/mol. The Hall–Kier alpha value is -3.03. The maximum atomic E-state index is 12.7.